The monoisotopic (exact) mass is 254 g/mol. The third kappa shape index (κ3) is 3.76. The number of hydrogen-bond donors (Lipinski definition) is 1. The molecule has 0 saturated carbocycles. The lowest BCUT2D eigenvalue weighted by Crippen LogP contribution is -2.39. The van der Waals surface area contributed by atoms with Crippen LogP contribution in [0, 0.1) is 0 Å². The van der Waals surface area contributed by atoms with Gasteiger partial charge in [0.2, 0.25) is 0 Å². The molecule has 0 bridgehead atoms. The fraction of sp³-hybridized carbons (Fsp3) is 0.692. The molecule has 3 nitrogen and oxygen atoms in total. The van der Waals surface area contributed by atoms with Gasteiger partial charge in [-0.25, -0.2) is 0 Å². The molecule has 1 N–H and O–H groups in total. The van der Waals surface area contributed by atoms with Crippen molar-refractivity contribution < 1.29 is 4.42 Å². The third-order valence-corrected chi connectivity index (χ3v) is 4.19. The summed E-state index contributed by atoms with van der Waals surface area (Å²) < 4.78 is 5.60. The predicted molar refractivity (Wildman–Crippen MR) is 73.3 cm³/mol. The molecule has 1 aliphatic heterocycles. The number of nitrogens with zero attached hydrogens (tertiary/aromatic N) is 1. The first kappa shape index (κ1) is 13.0. The molecule has 4 heteroatoms. The number of rotatable bonds is 4. The smallest absolute Gasteiger partial charge is 0.118 e. The molecule has 2 unspecified atom stereocenters. The van der Waals surface area contributed by atoms with Crippen molar-refractivity contribution in [3.8, 4) is 0 Å². The van der Waals surface area contributed by atoms with Crippen molar-refractivity contribution in [2.45, 2.75) is 37.4 Å². The van der Waals surface area contributed by atoms with Crippen molar-refractivity contribution >= 4 is 11.8 Å². The summed E-state index contributed by atoms with van der Waals surface area (Å²) in [7, 11) is 1.96. The summed E-state index contributed by atoms with van der Waals surface area (Å²) >= 11 is 2.09. The third-order valence-electron chi connectivity index (χ3n) is 2.96. The van der Waals surface area contributed by atoms with Gasteiger partial charge in [-0.15, -0.1) is 0 Å². The van der Waals surface area contributed by atoms with Crippen LogP contribution in [0.3, 0.4) is 0 Å². The quantitative estimate of drug-likeness (QED) is 0.892. The van der Waals surface area contributed by atoms with E-state index in [0.29, 0.717) is 0 Å². The van der Waals surface area contributed by atoms with Gasteiger partial charge in [-0.1, -0.05) is 13.8 Å². The van der Waals surface area contributed by atoms with Crippen molar-refractivity contribution in [1.29, 1.82) is 0 Å². The van der Waals surface area contributed by atoms with Crippen LogP contribution in [0.2, 0.25) is 0 Å². The fourth-order valence-corrected chi connectivity index (χ4v) is 3.83. The summed E-state index contributed by atoms with van der Waals surface area (Å²) in [6.07, 6.45) is 1.86. The van der Waals surface area contributed by atoms with Gasteiger partial charge in [0.05, 0.1) is 12.8 Å². The van der Waals surface area contributed by atoms with Crippen LogP contribution in [-0.4, -0.2) is 35.5 Å². The summed E-state index contributed by atoms with van der Waals surface area (Å²) in [6.45, 7) is 8.77. The molecule has 1 aliphatic rings. The molecule has 2 rings (SSSR count). The van der Waals surface area contributed by atoms with E-state index in [-0.39, 0.29) is 0 Å². The summed E-state index contributed by atoms with van der Waals surface area (Å²) in [5, 5.41) is 4.59. The maximum atomic E-state index is 5.60. The first-order valence-electron chi connectivity index (χ1n) is 6.26. The van der Waals surface area contributed by atoms with Gasteiger partial charge in [0, 0.05) is 35.7 Å². The van der Waals surface area contributed by atoms with Gasteiger partial charge >= 0.3 is 0 Å². The summed E-state index contributed by atoms with van der Waals surface area (Å²) in [6, 6.07) is 2.16. The molecule has 0 spiro atoms. The number of furan rings is 1. The zero-order chi connectivity index (χ0) is 12.3. The zero-order valence-electron chi connectivity index (χ0n) is 10.9. The van der Waals surface area contributed by atoms with E-state index in [1.807, 2.05) is 13.3 Å². The molecule has 17 heavy (non-hydrogen) atoms. The van der Waals surface area contributed by atoms with E-state index >= 15 is 0 Å². The molecule has 1 fully saturated rings. The summed E-state index contributed by atoms with van der Waals surface area (Å²) in [4.78, 5) is 2.49. The van der Waals surface area contributed by atoms with Crippen LogP contribution in [0.4, 0.5) is 0 Å². The van der Waals surface area contributed by atoms with Crippen LogP contribution in [0.5, 0.6) is 0 Å². The normalized spacial score (nSPS) is 26.3. The van der Waals surface area contributed by atoms with Gasteiger partial charge in [0.1, 0.15) is 5.76 Å². The Balaban J connectivity index is 1.90. The van der Waals surface area contributed by atoms with E-state index in [4.69, 9.17) is 4.42 Å². The first-order valence-corrected chi connectivity index (χ1v) is 7.20. The van der Waals surface area contributed by atoms with Crippen LogP contribution in [-0.2, 0) is 13.1 Å². The minimum Gasteiger partial charge on any atom is -0.468 e. The highest BCUT2D eigenvalue weighted by Crippen LogP contribution is 2.25. The van der Waals surface area contributed by atoms with Crippen molar-refractivity contribution in [2.75, 3.05) is 20.1 Å². The van der Waals surface area contributed by atoms with Gasteiger partial charge in [0.25, 0.3) is 0 Å². The molecular weight excluding hydrogens is 232 g/mol. The lowest BCUT2D eigenvalue weighted by atomic mass is 10.2. The summed E-state index contributed by atoms with van der Waals surface area (Å²) in [5.41, 5.74) is 1.23. The van der Waals surface area contributed by atoms with Crippen molar-refractivity contribution in [3.63, 3.8) is 0 Å². The largest absolute Gasteiger partial charge is 0.468 e. The van der Waals surface area contributed by atoms with E-state index in [1.54, 1.807) is 0 Å². The highest BCUT2D eigenvalue weighted by molar-refractivity contribution is 8.00. The van der Waals surface area contributed by atoms with E-state index in [2.05, 4.69) is 41.9 Å². The topological polar surface area (TPSA) is 28.4 Å². The Labute approximate surface area is 108 Å². The van der Waals surface area contributed by atoms with Gasteiger partial charge in [0.15, 0.2) is 0 Å². The molecule has 1 aromatic heterocycles. The van der Waals surface area contributed by atoms with Crippen LogP contribution in [0.15, 0.2) is 16.7 Å². The second-order valence-corrected chi connectivity index (χ2v) is 6.78. The number of thioether (sulfide) groups is 1. The molecule has 0 amide bonds. The van der Waals surface area contributed by atoms with E-state index in [1.165, 1.54) is 5.56 Å². The Bertz CT molecular complexity index is 343. The molecule has 2 atom stereocenters. The molecule has 96 valence electrons. The Morgan fingerprint density at radius 3 is 2.76 bits per heavy atom. The average molecular weight is 254 g/mol. The highest BCUT2D eigenvalue weighted by Gasteiger charge is 2.22. The SMILES string of the molecule is CNCc1coc(CN2CC(C)SC(C)C2)c1. The Morgan fingerprint density at radius 2 is 2.12 bits per heavy atom. The van der Waals surface area contributed by atoms with Gasteiger partial charge in [-0.2, -0.15) is 11.8 Å². The Hall–Kier alpha value is -0.450. The van der Waals surface area contributed by atoms with Crippen molar-refractivity contribution in [3.05, 3.63) is 23.7 Å². The van der Waals surface area contributed by atoms with Gasteiger partial charge in [-0.05, 0) is 13.1 Å². The minimum atomic E-state index is 0.727. The van der Waals surface area contributed by atoms with Crippen molar-refractivity contribution in [2.24, 2.45) is 0 Å². The van der Waals surface area contributed by atoms with Crippen LogP contribution in [0.1, 0.15) is 25.2 Å². The minimum absolute atomic E-state index is 0.727. The second-order valence-electron chi connectivity index (χ2n) is 4.90. The first-order chi connectivity index (χ1) is 8.17. The predicted octanol–water partition coefficient (Wildman–Crippen LogP) is 2.32. The van der Waals surface area contributed by atoms with Crippen LogP contribution in [0.25, 0.3) is 0 Å². The maximum absolute atomic E-state index is 5.60. The fourth-order valence-electron chi connectivity index (χ4n) is 2.44. The van der Waals surface area contributed by atoms with Crippen molar-refractivity contribution in [1.82, 2.24) is 10.2 Å². The maximum Gasteiger partial charge on any atom is 0.118 e. The van der Waals surface area contributed by atoms with Gasteiger partial charge in [-0.3, -0.25) is 4.90 Å². The van der Waals surface area contributed by atoms with Gasteiger partial charge < -0.3 is 9.73 Å². The standard InChI is InChI=1S/C13H22N2OS/c1-10-6-15(7-11(2)17-10)8-13-4-12(5-14-3)9-16-13/h4,9-11,14H,5-8H2,1-3H3. The van der Waals surface area contributed by atoms with E-state index in [9.17, 15) is 0 Å². The Morgan fingerprint density at radius 1 is 1.41 bits per heavy atom. The highest BCUT2D eigenvalue weighted by atomic mass is 32.2. The lowest BCUT2D eigenvalue weighted by molar-refractivity contribution is 0.241. The van der Waals surface area contributed by atoms with Crippen LogP contribution >= 0.6 is 11.8 Å². The van der Waals surface area contributed by atoms with E-state index in [0.717, 1.165) is 42.4 Å². The van der Waals surface area contributed by atoms with Crippen LogP contribution < -0.4 is 5.32 Å². The molecule has 2 heterocycles. The Kier molecular flexibility index (Phi) is 4.54. The number of nitrogens with one attached hydrogen (secondary N) is 1. The zero-order valence-corrected chi connectivity index (χ0v) is 11.7. The molecule has 1 saturated heterocycles. The number of hydrogen-bond acceptors (Lipinski definition) is 4. The molecule has 0 aromatic carbocycles. The van der Waals surface area contributed by atoms with E-state index < -0.39 is 0 Å². The molecule has 0 aliphatic carbocycles. The second kappa shape index (κ2) is 5.94. The molecular formula is C13H22N2OS. The molecule has 1 aromatic rings. The lowest BCUT2D eigenvalue weighted by Gasteiger charge is -2.33. The molecule has 0 radical (unpaired) electrons. The average Bonchev–Trinajstić information content (AvgIpc) is 2.64. The summed E-state index contributed by atoms with van der Waals surface area (Å²) in [5.74, 6) is 1.08.